The van der Waals surface area contributed by atoms with Gasteiger partial charge in [0.1, 0.15) is 6.54 Å². The summed E-state index contributed by atoms with van der Waals surface area (Å²) in [5.41, 5.74) is 3.92. The first-order valence-corrected chi connectivity index (χ1v) is 14.2. The molecular formula is C28H23Cl2F3N4O3S. The molecule has 1 N–H and O–H groups in total. The van der Waals surface area contributed by atoms with Crippen LogP contribution in [0.3, 0.4) is 0 Å². The van der Waals surface area contributed by atoms with Crippen molar-refractivity contribution in [3.63, 3.8) is 0 Å². The van der Waals surface area contributed by atoms with Crippen LogP contribution in [0.4, 0.5) is 18.9 Å². The normalized spacial score (nSPS) is 12.1. The van der Waals surface area contributed by atoms with Crippen molar-refractivity contribution < 1.29 is 26.4 Å². The Morgan fingerprint density at radius 2 is 1.68 bits per heavy atom. The Hall–Kier alpha value is -3.80. The van der Waals surface area contributed by atoms with Crippen LogP contribution in [-0.2, 0) is 21.0 Å². The number of rotatable bonds is 8. The number of anilines is 1. The highest BCUT2D eigenvalue weighted by molar-refractivity contribution is 7.92. The average molecular weight is 623 g/mol. The number of alkyl halides is 3. The van der Waals surface area contributed by atoms with E-state index in [0.29, 0.717) is 26.0 Å². The molecule has 0 aliphatic carbocycles. The average Bonchev–Trinajstić information content (AvgIpc) is 3.21. The molecule has 0 atom stereocenters. The van der Waals surface area contributed by atoms with E-state index in [-0.39, 0.29) is 10.6 Å². The molecule has 7 nitrogen and oxygen atoms in total. The van der Waals surface area contributed by atoms with Crippen molar-refractivity contribution in [2.24, 2.45) is 5.10 Å². The van der Waals surface area contributed by atoms with Crippen LogP contribution >= 0.6 is 23.2 Å². The van der Waals surface area contributed by atoms with Gasteiger partial charge in [-0.05, 0) is 68.4 Å². The molecule has 214 valence electrons. The van der Waals surface area contributed by atoms with Crippen LogP contribution in [0.5, 0.6) is 0 Å². The lowest BCUT2D eigenvalue weighted by Gasteiger charge is -2.24. The minimum absolute atomic E-state index is 0.191. The molecule has 4 rings (SSSR count). The van der Waals surface area contributed by atoms with E-state index in [0.717, 1.165) is 29.2 Å². The molecule has 0 radical (unpaired) electrons. The van der Waals surface area contributed by atoms with Crippen LogP contribution in [0.15, 0.2) is 88.9 Å². The van der Waals surface area contributed by atoms with Crippen LogP contribution < -0.4 is 9.73 Å². The van der Waals surface area contributed by atoms with Gasteiger partial charge < -0.3 is 4.57 Å². The van der Waals surface area contributed by atoms with Crippen molar-refractivity contribution in [3.8, 4) is 5.69 Å². The van der Waals surface area contributed by atoms with Gasteiger partial charge in [-0.1, -0.05) is 47.5 Å². The molecule has 3 aromatic carbocycles. The SMILES string of the molecule is Cc1cc(/C=N/NC(=O)CN(c2cccc(C(F)(F)F)c2)S(=O)(=O)c2ccccc2)c(C)n1-c1ccc(Cl)c(Cl)c1. The fourth-order valence-corrected chi connectivity index (χ4v) is 5.88. The third kappa shape index (κ3) is 6.75. The third-order valence-corrected chi connectivity index (χ3v) is 8.63. The molecule has 0 saturated carbocycles. The lowest BCUT2D eigenvalue weighted by Crippen LogP contribution is -2.39. The molecular weight excluding hydrogens is 600 g/mol. The highest BCUT2D eigenvalue weighted by Gasteiger charge is 2.33. The molecule has 4 aromatic rings. The summed E-state index contributed by atoms with van der Waals surface area (Å²) in [5.74, 6) is -0.864. The third-order valence-electron chi connectivity index (χ3n) is 6.10. The maximum atomic E-state index is 13.4. The summed E-state index contributed by atoms with van der Waals surface area (Å²) in [6.45, 7) is 2.88. The van der Waals surface area contributed by atoms with Crippen LogP contribution in [-0.4, -0.2) is 31.7 Å². The number of sulfonamides is 1. The minimum Gasteiger partial charge on any atom is -0.318 e. The van der Waals surface area contributed by atoms with Gasteiger partial charge in [0.15, 0.2) is 0 Å². The molecule has 0 spiro atoms. The van der Waals surface area contributed by atoms with E-state index in [1.807, 2.05) is 24.5 Å². The van der Waals surface area contributed by atoms with Gasteiger partial charge in [-0.25, -0.2) is 13.8 Å². The van der Waals surface area contributed by atoms with Crippen molar-refractivity contribution in [1.29, 1.82) is 0 Å². The van der Waals surface area contributed by atoms with Gasteiger partial charge in [0.05, 0.1) is 32.4 Å². The fourth-order valence-electron chi connectivity index (χ4n) is 4.15. The Balaban J connectivity index is 1.59. The molecule has 0 aliphatic heterocycles. The monoisotopic (exact) mass is 622 g/mol. The number of carbonyl (C=O) groups is 1. The van der Waals surface area contributed by atoms with Crippen molar-refractivity contribution in [3.05, 3.63) is 111 Å². The molecule has 41 heavy (non-hydrogen) atoms. The fraction of sp³-hybridized carbons (Fsp3) is 0.143. The smallest absolute Gasteiger partial charge is 0.318 e. The first-order valence-electron chi connectivity index (χ1n) is 12.0. The number of benzene rings is 3. The number of amides is 1. The quantitative estimate of drug-likeness (QED) is 0.174. The predicted octanol–water partition coefficient (Wildman–Crippen LogP) is 6.77. The second-order valence-corrected chi connectivity index (χ2v) is 11.6. The Labute approximate surface area is 244 Å². The summed E-state index contributed by atoms with van der Waals surface area (Å²) in [5, 5.41) is 4.75. The van der Waals surface area contributed by atoms with E-state index >= 15 is 0 Å². The maximum absolute atomic E-state index is 13.4. The van der Waals surface area contributed by atoms with E-state index in [9.17, 15) is 26.4 Å². The van der Waals surface area contributed by atoms with E-state index in [2.05, 4.69) is 10.5 Å². The van der Waals surface area contributed by atoms with Gasteiger partial charge in [-0.2, -0.15) is 18.3 Å². The van der Waals surface area contributed by atoms with Crippen molar-refractivity contribution in [2.45, 2.75) is 24.9 Å². The molecule has 1 heterocycles. The number of hydrogen-bond acceptors (Lipinski definition) is 4. The zero-order valence-electron chi connectivity index (χ0n) is 21.7. The van der Waals surface area contributed by atoms with Crippen molar-refractivity contribution >= 4 is 51.0 Å². The van der Waals surface area contributed by atoms with Crippen LogP contribution in [0.2, 0.25) is 10.0 Å². The minimum atomic E-state index is -4.71. The first-order chi connectivity index (χ1) is 19.3. The van der Waals surface area contributed by atoms with Gasteiger partial charge in [0.25, 0.3) is 15.9 Å². The summed E-state index contributed by atoms with van der Waals surface area (Å²) < 4.78 is 69.4. The van der Waals surface area contributed by atoms with Gasteiger partial charge in [-0.15, -0.1) is 0 Å². The lowest BCUT2D eigenvalue weighted by atomic mass is 10.2. The Bertz CT molecular complexity index is 1720. The first kappa shape index (κ1) is 30.2. The lowest BCUT2D eigenvalue weighted by molar-refractivity contribution is -0.137. The molecule has 1 amide bonds. The predicted molar refractivity (Wildman–Crippen MR) is 153 cm³/mol. The molecule has 0 saturated heterocycles. The Kier molecular flexibility index (Phi) is 8.81. The molecule has 0 fully saturated rings. The summed E-state index contributed by atoms with van der Waals surface area (Å²) in [4.78, 5) is 12.6. The number of hydrazone groups is 1. The number of halogens is 5. The standard InChI is InChI=1S/C28H23Cl2F3N4O3S/c1-18-13-20(19(2)37(18)23-11-12-25(29)26(30)15-23)16-34-35-27(38)17-36(41(39,40)24-9-4-3-5-10-24)22-8-6-7-21(14-22)28(31,32)33/h3-16H,17H2,1-2H3,(H,35,38)/b34-16+. The maximum Gasteiger partial charge on any atom is 0.416 e. The number of carbonyl (C=O) groups excluding carboxylic acids is 1. The molecule has 13 heteroatoms. The highest BCUT2D eigenvalue weighted by Crippen LogP contribution is 2.33. The topological polar surface area (TPSA) is 83.8 Å². The van der Waals surface area contributed by atoms with E-state index in [1.54, 1.807) is 24.3 Å². The van der Waals surface area contributed by atoms with Gasteiger partial charge in [0, 0.05) is 22.6 Å². The van der Waals surface area contributed by atoms with Crippen molar-refractivity contribution in [2.75, 3.05) is 10.8 Å². The second kappa shape index (κ2) is 12.0. The summed E-state index contributed by atoms with van der Waals surface area (Å²) in [7, 11) is -4.41. The molecule has 0 aliphatic rings. The largest absolute Gasteiger partial charge is 0.416 e. The number of nitrogens with one attached hydrogen (secondary N) is 1. The zero-order chi connectivity index (χ0) is 29.9. The molecule has 0 unspecified atom stereocenters. The zero-order valence-corrected chi connectivity index (χ0v) is 24.0. The Morgan fingerprint density at radius 3 is 2.34 bits per heavy atom. The van der Waals surface area contributed by atoms with Crippen LogP contribution in [0.1, 0.15) is 22.5 Å². The number of aryl methyl sites for hydroxylation is 1. The van der Waals surface area contributed by atoms with Gasteiger partial charge in [-0.3, -0.25) is 9.10 Å². The number of nitrogens with zero attached hydrogens (tertiary/aromatic N) is 3. The van der Waals surface area contributed by atoms with Crippen molar-refractivity contribution in [1.82, 2.24) is 9.99 Å². The van der Waals surface area contributed by atoms with Crippen LogP contribution in [0, 0.1) is 13.8 Å². The summed E-state index contributed by atoms with van der Waals surface area (Å²) >= 11 is 12.2. The second-order valence-electron chi connectivity index (χ2n) is 8.93. The highest BCUT2D eigenvalue weighted by atomic mass is 35.5. The Morgan fingerprint density at radius 1 is 0.976 bits per heavy atom. The van der Waals surface area contributed by atoms with E-state index in [1.165, 1.54) is 36.5 Å². The van der Waals surface area contributed by atoms with Crippen LogP contribution in [0.25, 0.3) is 5.69 Å². The van der Waals surface area contributed by atoms with E-state index < -0.39 is 34.2 Å². The molecule has 0 bridgehead atoms. The van der Waals surface area contributed by atoms with Gasteiger partial charge >= 0.3 is 6.18 Å². The van der Waals surface area contributed by atoms with Gasteiger partial charge in [0.2, 0.25) is 0 Å². The van der Waals surface area contributed by atoms with E-state index in [4.69, 9.17) is 23.2 Å². The summed E-state index contributed by atoms with van der Waals surface area (Å²) in [6.07, 6.45) is -3.33. The molecule has 1 aromatic heterocycles. The number of hydrogen-bond donors (Lipinski definition) is 1. The number of aromatic nitrogens is 1. The summed E-state index contributed by atoms with van der Waals surface area (Å²) in [6, 6.07) is 17.9.